The lowest BCUT2D eigenvalue weighted by Crippen LogP contribution is -2.24. The number of amides is 2. The Morgan fingerprint density at radius 1 is 1.32 bits per heavy atom. The summed E-state index contributed by atoms with van der Waals surface area (Å²) >= 11 is 0. The van der Waals surface area contributed by atoms with E-state index < -0.39 is 0 Å². The molecule has 0 radical (unpaired) electrons. The van der Waals surface area contributed by atoms with Gasteiger partial charge in [-0.25, -0.2) is 0 Å². The molecule has 5 nitrogen and oxygen atoms in total. The Bertz CT molecular complexity index is 493. The second-order valence-corrected chi connectivity index (χ2v) is 4.89. The van der Waals surface area contributed by atoms with E-state index in [0.29, 0.717) is 0 Å². The molecule has 1 aliphatic rings. The second kappa shape index (κ2) is 5.84. The van der Waals surface area contributed by atoms with Gasteiger partial charge in [-0.3, -0.25) is 9.59 Å². The minimum absolute atomic E-state index is 0.0512. The normalized spacial score (nSPS) is 18.1. The Balaban J connectivity index is 2.03. The summed E-state index contributed by atoms with van der Waals surface area (Å²) in [6.45, 7) is 5.02. The molecule has 0 aliphatic carbocycles. The van der Waals surface area contributed by atoms with Gasteiger partial charge in [-0.1, -0.05) is 0 Å². The zero-order chi connectivity index (χ0) is 13.8. The van der Waals surface area contributed by atoms with Crippen molar-refractivity contribution in [3.05, 3.63) is 23.8 Å². The molecule has 0 saturated carbocycles. The molecule has 1 atom stereocenters. The number of benzene rings is 1. The molecule has 3 N–H and O–H groups in total. The molecule has 2 amide bonds. The molecule has 1 heterocycles. The summed E-state index contributed by atoms with van der Waals surface area (Å²) in [7, 11) is 0. The van der Waals surface area contributed by atoms with Gasteiger partial charge >= 0.3 is 0 Å². The zero-order valence-electron chi connectivity index (χ0n) is 11.2. The van der Waals surface area contributed by atoms with Crippen LogP contribution in [0.15, 0.2) is 18.2 Å². The van der Waals surface area contributed by atoms with Crippen LogP contribution >= 0.6 is 0 Å². The molecule has 0 spiro atoms. The second-order valence-electron chi connectivity index (χ2n) is 4.89. The SMILES string of the molecule is CC(=O)Nc1ccc(NC(=O)C2CCNC2)cc1C. The third kappa shape index (κ3) is 3.54. The molecule has 0 aromatic heterocycles. The predicted molar refractivity (Wildman–Crippen MR) is 75.1 cm³/mol. The van der Waals surface area contributed by atoms with Crippen LogP contribution in [0, 0.1) is 12.8 Å². The topological polar surface area (TPSA) is 70.2 Å². The maximum atomic E-state index is 12.0. The lowest BCUT2D eigenvalue weighted by Gasteiger charge is -2.12. The molecule has 102 valence electrons. The van der Waals surface area contributed by atoms with Crippen molar-refractivity contribution in [2.24, 2.45) is 5.92 Å². The molecule has 1 unspecified atom stereocenters. The van der Waals surface area contributed by atoms with Gasteiger partial charge in [-0.15, -0.1) is 0 Å². The average Bonchev–Trinajstić information content (AvgIpc) is 2.86. The van der Waals surface area contributed by atoms with Gasteiger partial charge in [0, 0.05) is 24.8 Å². The van der Waals surface area contributed by atoms with Crippen LogP contribution in [0.2, 0.25) is 0 Å². The smallest absolute Gasteiger partial charge is 0.228 e. The van der Waals surface area contributed by atoms with E-state index in [1.165, 1.54) is 6.92 Å². The molecule has 1 saturated heterocycles. The van der Waals surface area contributed by atoms with Gasteiger partial charge in [0.25, 0.3) is 0 Å². The van der Waals surface area contributed by atoms with Gasteiger partial charge in [0.05, 0.1) is 5.92 Å². The fourth-order valence-corrected chi connectivity index (χ4v) is 2.19. The standard InChI is InChI=1S/C14H19N3O2/c1-9-7-12(3-4-13(9)16-10(2)18)17-14(19)11-5-6-15-8-11/h3-4,7,11,15H,5-6,8H2,1-2H3,(H,16,18)(H,17,19). The lowest BCUT2D eigenvalue weighted by molar-refractivity contribution is -0.119. The first-order valence-corrected chi connectivity index (χ1v) is 6.46. The molecule has 1 aromatic carbocycles. The first-order chi connectivity index (χ1) is 9.06. The van der Waals surface area contributed by atoms with Crippen molar-refractivity contribution >= 4 is 23.2 Å². The Morgan fingerprint density at radius 2 is 2.11 bits per heavy atom. The van der Waals surface area contributed by atoms with Crippen LogP contribution in [0.3, 0.4) is 0 Å². The molecule has 0 bridgehead atoms. The molecule has 1 fully saturated rings. The number of nitrogens with one attached hydrogen (secondary N) is 3. The Hall–Kier alpha value is -1.88. The fraction of sp³-hybridized carbons (Fsp3) is 0.429. The van der Waals surface area contributed by atoms with Crippen LogP contribution in [-0.4, -0.2) is 24.9 Å². The highest BCUT2D eigenvalue weighted by Crippen LogP contribution is 2.20. The Labute approximate surface area is 112 Å². The summed E-state index contributed by atoms with van der Waals surface area (Å²) in [5, 5.41) is 8.83. The minimum Gasteiger partial charge on any atom is -0.326 e. The number of rotatable bonds is 3. The van der Waals surface area contributed by atoms with E-state index in [2.05, 4.69) is 16.0 Å². The Kier molecular flexibility index (Phi) is 4.16. The largest absolute Gasteiger partial charge is 0.326 e. The number of aryl methyl sites for hydroxylation is 1. The van der Waals surface area contributed by atoms with Gasteiger partial charge in [-0.05, 0) is 43.7 Å². The van der Waals surface area contributed by atoms with Crippen molar-refractivity contribution in [1.82, 2.24) is 5.32 Å². The third-order valence-corrected chi connectivity index (χ3v) is 3.24. The maximum absolute atomic E-state index is 12.0. The monoisotopic (exact) mass is 261 g/mol. The third-order valence-electron chi connectivity index (χ3n) is 3.24. The van der Waals surface area contributed by atoms with E-state index in [4.69, 9.17) is 0 Å². The highest BCUT2D eigenvalue weighted by molar-refractivity contribution is 5.94. The van der Waals surface area contributed by atoms with Gasteiger partial charge in [0.1, 0.15) is 0 Å². The average molecular weight is 261 g/mol. The highest BCUT2D eigenvalue weighted by atomic mass is 16.2. The van der Waals surface area contributed by atoms with Crippen molar-refractivity contribution in [1.29, 1.82) is 0 Å². The number of carbonyl (C=O) groups excluding carboxylic acids is 2. The van der Waals surface area contributed by atoms with Gasteiger partial charge in [-0.2, -0.15) is 0 Å². The van der Waals surface area contributed by atoms with Crippen LogP contribution in [-0.2, 0) is 9.59 Å². The first-order valence-electron chi connectivity index (χ1n) is 6.46. The summed E-state index contributed by atoms with van der Waals surface area (Å²) in [4.78, 5) is 23.0. The Morgan fingerprint density at radius 3 is 2.68 bits per heavy atom. The number of hydrogen-bond acceptors (Lipinski definition) is 3. The van der Waals surface area contributed by atoms with Crippen molar-refractivity contribution in [2.75, 3.05) is 23.7 Å². The van der Waals surface area contributed by atoms with Crippen molar-refractivity contribution in [3.8, 4) is 0 Å². The molecule has 2 rings (SSSR count). The number of anilines is 2. The van der Waals surface area contributed by atoms with Crippen LogP contribution in [0.1, 0.15) is 18.9 Å². The maximum Gasteiger partial charge on any atom is 0.228 e. The molecular weight excluding hydrogens is 242 g/mol. The number of hydrogen-bond donors (Lipinski definition) is 3. The van der Waals surface area contributed by atoms with Crippen molar-refractivity contribution in [3.63, 3.8) is 0 Å². The van der Waals surface area contributed by atoms with Crippen LogP contribution in [0.25, 0.3) is 0 Å². The molecule has 5 heteroatoms. The quantitative estimate of drug-likeness (QED) is 0.772. The molecular formula is C14H19N3O2. The fourth-order valence-electron chi connectivity index (χ4n) is 2.19. The van der Waals surface area contributed by atoms with Crippen LogP contribution in [0.4, 0.5) is 11.4 Å². The van der Waals surface area contributed by atoms with E-state index >= 15 is 0 Å². The summed E-state index contributed by atoms with van der Waals surface area (Å²) in [6, 6.07) is 5.48. The predicted octanol–water partition coefficient (Wildman–Crippen LogP) is 1.50. The van der Waals surface area contributed by atoms with Crippen LogP contribution < -0.4 is 16.0 Å². The summed E-state index contributed by atoms with van der Waals surface area (Å²) in [6.07, 6.45) is 0.884. The van der Waals surface area contributed by atoms with Gasteiger partial charge < -0.3 is 16.0 Å². The van der Waals surface area contributed by atoms with Crippen LogP contribution in [0.5, 0.6) is 0 Å². The summed E-state index contributed by atoms with van der Waals surface area (Å²) < 4.78 is 0. The van der Waals surface area contributed by atoms with Gasteiger partial charge in [0.15, 0.2) is 0 Å². The van der Waals surface area contributed by atoms with E-state index in [0.717, 1.165) is 36.4 Å². The number of carbonyl (C=O) groups is 2. The van der Waals surface area contributed by atoms with Crippen molar-refractivity contribution in [2.45, 2.75) is 20.3 Å². The van der Waals surface area contributed by atoms with E-state index in [1.54, 1.807) is 12.1 Å². The van der Waals surface area contributed by atoms with E-state index in [1.807, 2.05) is 13.0 Å². The minimum atomic E-state index is -0.100. The van der Waals surface area contributed by atoms with E-state index in [-0.39, 0.29) is 17.7 Å². The summed E-state index contributed by atoms with van der Waals surface area (Å²) in [5.74, 6) is 0.00363. The lowest BCUT2D eigenvalue weighted by atomic mass is 10.1. The molecule has 1 aliphatic heterocycles. The first kappa shape index (κ1) is 13.5. The van der Waals surface area contributed by atoms with E-state index in [9.17, 15) is 9.59 Å². The van der Waals surface area contributed by atoms with Gasteiger partial charge in [0.2, 0.25) is 11.8 Å². The van der Waals surface area contributed by atoms with Crippen molar-refractivity contribution < 1.29 is 9.59 Å². The zero-order valence-corrected chi connectivity index (χ0v) is 11.2. The highest BCUT2D eigenvalue weighted by Gasteiger charge is 2.22. The molecule has 19 heavy (non-hydrogen) atoms. The summed E-state index contributed by atoms with van der Waals surface area (Å²) in [5.41, 5.74) is 2.47. The molecule has 1 aromatic rings.